The third-order valence-electron chi connectivity index (χ3n) is 5.72. The number of hydrogen-bond donors (Lipinski definition) is 1. The monoisotopic (exact) mass is 264 g/mol. The number of carbonyl (C=O) groups excluding carboxylic acids is 1. The van der Waals surface area contributed by atoms with Gasteiger partial charge in [-0.1, -0.05) is 19.8 Å². The zero-order chi connectivity index (χ0) is 13.5. The summed E-state index contributed by atoms with van der Waals surface area (Å²) >= 11 is 0. The Hall–Kier alpha value is -0.570. The molecule has 0 aromatic heterocycles. The number of nitrogens with one attached hydrogen (secondary N) is 1. The Labute approximate surface area is 117 Å². The van der Waals surface area contributed by atoms with Crippen molar-refractivity contribution in [1.82, 2.24) is 10.2 Å². The summed E-state index contributed by atoms with van der Waals surface area (Å²) < 4.78 is 0. The summed E-state index contributed by atoms with van der Waals surface area (Å²) in [6, 6.07) is 0. The highest BCUT2D eigenvalue weighted by molar-refractivity contribution is 5.79. The molecule has 2 aliphatic carbocycles. The van der Waals surface area contributed by atoms with Gasteiger partial charge >= 0.3 is 0 Å². The Kier molecular flexibility index (Phi) is 3.36. The smallest absolute Gasteiger partial charge is 0.234 e. The van der Waals surface area contributed by atoms with E-state index in [1.165, 1.54) is 32.1 Å². The quantitative estimate of drug-likeness (QED) is 0.849. The summed E-state index contributed by atoms with van der Waals surface area (Å²) in [5.41, 5.74) is 0.688. The SMILES string of the molecule is CC1CCC2(CC1)CN(CC(=O)NC1(C)CCC1)C2. The molecule has 1 N–H and O–H groups in total. The van der Waals surface area contributed by atoms with Crippen LogP contribution in [-0.2, 0) is 4.79 Å². The average Bonchev–Trinajstić information content (AvgIpc) is 2.28. The van der Waals surface area contributed by atoms with Crippen LogP contribution in [0.4, 0.5) is 0 Å². The van der Waals surface area contributed by atoms with Gasteiger partial charge in [-0.05, 0) is 50.4 Å². The highest BCUT2D eigenvalue weighted by atomic mass is 16.2. The minimum Gasteiger partial charge on any atom is -0.350 e. The lowest BCUT2D eigenvalue weighted by Crippen LogP contribution is -2.61. The van der Waals surface area contributed by atoms with Gasteiger partial charge in [-0.25, -0.2) is 0 Å². The first kappa shape index (κ1) is 13.4. The number of nitrogens with zero attached hydrogens (tertiary/aromatic N) is 1. The fourth-order valence-corrected chi connectivity index (χ4v) is 4.12. The molecule has 3 fully saturated rings. The fraction of sp³-hybridized carbons (Fsp3) is 0.938. The van der Waals surface area contributed by atoms with E-state index in [4.69, 9.17) is 0 Å². The second-order valence-electron chi connectivity index (χ2n) is 7.79. The van der Waals surface area contributed by atoms with E-state index in [0.29, 0.717) is 12.0 Å². The first-order valence-electron chi connectivity index (χ1n) is 8.02. The maximum atomic E-state index is 12.0. The van der Waals surface area contributed by atoms with E-state index in [0.717, 1.165) is 31.8 Å². The lowest BCUT2D eigenvalue weighted by atomic mass is 9.66. The van der Waals surface area contributed by atoms with Crippen LogP contribution in [0.15, 0.2) is 0 Å². The molecule has 0 unspecified atom stereocenters. The molecule has 0 aromatic rings. The number of carbonyl (C=O) groups is 1. The topological polar surface area (TPSA) is 32.3 Å². The largest absolute Gasteiger partial charge is 0.350 e. The molecule has 0 aromatic carbocycles. The van der Waals surface area contributed by atoms with Crippen molar-refractivity contribution < 1.29 is 4.79 Å². The number of hydrogen-bond acceptors (Lipinski definition) is 2. The predicted octanol–water partition coefficient (Wildman–Crippen LogP) is 2.56. The van der Waals surface area contributed by atoms with Gasteiger partial charge in [0.2, 0.25) is 5.91 Å². The van der Waals surface area contributed by atoms with Crippen molar-refractivity contribution in [3.05, 3.63) is 0 Å². The number of likely N-dealkylation sites (tertiary alicyclic amines) is 1. The lowest BCUT2D eigenvalue weighted by molar-refractivity contribution is -0.129. The predicted molar refractivity (Wildman–Crippen MR) is 76.9 cm³/mol. The highest BCUT2D eigenvalue weighted by Gasteiger charge is 2.45. The van der Waals surface area contributed by atoms with E-state index < -0.39 is 0 Å². The molecule has 1 amide bonds. The number of amides is 1. The van der Waals surface area contributed by atoms with E-state index in [9.17, 15) is 4.79 Å². The summed E-state index contributed by atoms with van der Waals surface area (Å²) in [5, 5.41) is 3.21. The Bertz CT molecular complexity index is 346. The van der Waals surface area contributed by atoms with Crippen molar-refractivity contribution in [2.24, 2.45) is 11.3 Å². The van der Waals surface area contributed by atoms with Crippen LogP contribution < -0.4 is 5.32 Å². The van der Waals surface area contributed by atoms with Crippen LogP contribution >= 0.6 is 0 Å². The van der Waals surface area contributed by atoms with Crippen molar-refractivity contribution in [1.29, 1.82) is 0 Å². The van der Waals surface area contributed by atoms with Crippen LogP contribution in [0.3, 0.4) is 0 Å². The van der Waals surface area contributed by atoms with E-state index in [1.807, 2.05) is 0 Å². The van der Waals surface area contributed by atoms with Crippen LogP contribution in [0.2, 0.25) is 0 Å². The first-order chi connectivity index (χ1) is 8.99. The third kappa shape index (κ3) is 2.81. The van der Waals surface area contributed by atoms with Gasteiger partial charge in [-0.2, -0.15) is 0 Å². The molecule has 1 saturated heterocycles. The molecule has 1 spiro atoms. The molecule has 0 radical (unpaired) electrons. The summed E-state index contributed by atoms with van der Waals surface area (Å²) in [7, 11) is 0. The molecular formula is C16H28N2O. The molecule has 3 nitrogen and oxygen atoms in total. The summed E-state index contributed by atoms with van der Waals surface area (Å²) in [6.07, 6.45) is 9.10. The molecule has 0 bridgehead atoms. The van der Waals surface area contributed by atoms with Gasteiger partial charge in [0.05, 0.1) is 6.54 Å². The fourth-order valence-electron chi connectivity index (χ4n) is 4.12. The van der Waals surface area contributed by atoms with E-state index in [-0.39, 0.29) is 11.4 Å². The van der Waals surface area contributed by atoms with Gasteiger partial charge in [0.25, 0.3) is 0 Å². The van der Waals surface area contributed by atoms with Crippen molar-refractivity contribution in [3.8, 4) is 0 Å². The van der Waals surface area contributed by atoms with Crippen LogP contribution in [0, 0.1) is 11.3 Å². The van der Waals surface area contributed by atoms with Crippen molar-refractivity contribution in [2.45, 2.75) is 64.3 Å². The van der Waals surface area contributed by atoms with Crippen molar-refractivity contribution in [3.63, 3.8) is 0 Å². The van der Waals surface area contributed by atoms with Gasteiger partial charge in [-0.15, -0.1) is 0 Å². The van der Waals surface area contributed by atoms with Gasteiger partial charge in [-0.3, -0.25) is 9.69 Å². The van der Waals surface area contributed by atoms with Crippen LogP contribution in [-0.4, -0.2) is 36.0 Å². The van der Waals surface area contributed by atoms with Crippen LogP contribution in [0.1, 0.15) is 58.8 Å². The zero-order valence-electron chi connectivity index (χ0n) is 12.5. The average molecular weight is 264 g/mol. The normalized spacial score (nSPS) is 29.6. The Morgan fingerprint density at radius 1 is 1.21 bits per heavy atom. The van der Waals surface area contributed by atoms with Gasteiger partial charge < -0.3 is 5.32 Å². The zero-order valence-corrected chi connectivity index (χ0v) is 12.5. The van der Waals surface area contributed by atoms with E-state index in [2.05, 4.69) is 24.1 Å². The Morgan fingerprint density at radius 3 is 2.37 bits per heavy atom. The molecule has 3 aliphatic rings. The van der Waals surface area contributed by atoms with Gasteiger partial charge in [0.15, 0.2) is 0 Å². The molecule has 108 valence electrons. The minimum atomic E-state index is 0.111. The van der Waals surface area contributed by atoms with Crippen LogP contribution in [0.5, 0.6) is 0 Å². The van der Waals surface area contributed by atoms with Gasteiger partial charge in [0.1, 0.15) is 0 Å². The molecule has 3 rings (SSSR count). The molecular weight excluding hydrogens is 236 g/mol. The standard InChI is InChI=1S/C16H28N2O/c1-13-4-8-16(9-5-13)11-18(12-16)10-14(19)17-15(2)6-3-7-15/h13H,3-12H2,1-2H3,(H,17,19). The highest BCUT2D eigenvalue weighted by Crippen LogP contribution is 2.45. The molecule has 1 aliphatic heterocycles. The maximum absolute atomic E-state index is 12.0. The second-order valence-corrected chi connectivity index (χ2v) is 7.79. The molecule has 2 saturated carbocycles. The Morgan fingerprint density at radius 2 is 1.84 bits per heavy atom. The third-order valence-corrected chi connectivity index (χ3v) is 5.72. The molecule has 1 heterocycles. The Balaban J connectivity index is 1.40. The summed E-state index contributed by atoms with van der Waals surface area (Å²) in [6.45, 7) is 7.48. The lowest BCUT2D eigenvalue weighted by Gasteiger charge is -2.53. The summed E-state index contributed by atoms with van der Waals surface area (Å²) in [4.78, 5) is 14.4. The second kappa shape index (κ2) is 4.76. The molecule has 3 heteroatoms. The molecule has 0 atom stereocenters. The number of rotatable bonds is 3. The van der Waals surface area contributed by atoms with Gasteiger partial charge in [0, 0.05) is 18.6 Å². The van der Waals surface area contributed by atoms with Crippen molar-refractivity contribution >= 4 is 5.91 Å². The van der Waals surface area contributed by atoms with Crippen molar-refractivity contribution in [2.75, 3.05) is 19.6 Å². The van der Waals surface area contributed by atoms with E-state index in [1.54, 1.807) is 0 Å². The minimum absolute atomic E-state index is 0.111. The molecule has 19 heavy (non-hydrogen) atoms. The maximum Gasteiger partial charge on any atom is 0.234 e. The van der Waals surface area contributed by atoms with Crippen LogP contribution in [0.25, 0.3) is 0 Å². The van der Waals surface area contributed by atoms with E-state index >= 15 is 0 Å². The summed E-state index contributed by atoms with van der Waals surface area (Å²) in [5.74, 6) is 1.16. The first-order valence-corrected chi connectivity index (χ1v) is 8.02.